The first kappa shape index (κ1) is 28.3. The van der Waals surface area contributed by atoms with Gasteiger partial charge < -0.3 is 19.1 Å². The lowest BCUT2D eigenvalue weighted by molar-refractivity contribution is 0.0789. The van der Waals surface area contributed by atoms with E-state index in [4.69, 9.17) is 14.2 Å². The first-order valence-electron chi connectivity index (χ1n) is 12.3. The SMILES string of the molecule is CCN(c1ccc2sc(C(=O)N(C)Cc3cc(OC)c(OC)c(OC)c3)cc2c1)S(=O)(=O)c1ccc(C)cc1. The molecule has 39 heavy (non-hydrogen) atoms. The highest BCUT2D eigenvalue weighted by atomic mass is 32.2. The van der Waals surface area contributed by atoms with Gasteiger partial charge in [-0.05, 0) is 73.3 Å². The van der Waals surface area contributed by atoms with Crippen LogP contribution < -0.4 is 18.5 Å². The van der Waals surface area contributed by atoms with Crippen molar-refractivity contribution in [2.24, 2.45) is 0 Å². The fourth-order valence-corrected chi connectivity index (χ4v) is 6.88. The van der Waals surface area contributed by atoms with Gasteiger partial charge in [0, 0.05) is 24.8 Å². The molecule has 3 aromatic carbocycles. The van der Waals surface area contributed by atoms with Gasteiger partial charge in [-0.25, -0.2) is 8.42 Å². The van der Waals surface area contributed by atoms with Gasteiger partial charge in [-0.3, -0.25) is 9.10 Å². The zero-order valence-electron chi connectivity index (χ0n) is 22.8. The average molecular weight is 569 g/mol. The third-order valence-corrected chi connectivity index (χ3v) is 9.41. The number of methoxy groups -OCH3 is 3. The summed E-state index contributed by atoms with van der Waals surface area (Å²) < 4.78 is 45.2. The Morgan fingerprint density at radius 2 is 1.54 bits per heavy atom. The number of fused-ring (bicyclic) bond motifs is 1. The molecule has 0 radical (unpaired) electrons. The van der Waals surface area contributed by atoms with Crippen LogP contribution in [0, 0.1) is 6.92 Å². The topological polar surface area (TPSA) is 85.4 Å². The zero-order chi connectivity index (χ0) is 28.3. The van der Waals surface area contributed by atoms with E-state index in [9.17, 15) is 13.2 Å². The van der Waals surface area contributed by atoms with Gasteiger partial charge in [0.2, 0.25) is 5.75 Å². The molecule has 206 valence electrons. The van der Waals surface area contributed by atoms with E-state index < -0.39 is 10.0 Å². The molecule has 0 aliphatic rings. The van der Waals surface area contributed by atoms with Gasteiger partial charge in [0.1, 0.15) is 0 Å². The third kappa shape index (κ3) is 5.67. The molecular weight excluding hydrogens is 536 g/mol. The summed E-state index contributed by atoms with van der Waals surface area (Å²) in [5.41, 5.74) is 2.36. The molecule has 0 atom stereocenters. The first-order valence-corrected chi connectivity index (χ1v) is 14.6. The molecule has 0 saturated heterocycles. The molecule has 10 heteroatoms. The largest absolute Gasteiger partial charge is 0.493 e. The Morgan fingerprint density at radius 3 is 2.10 bits per heavy atom. The number of carbonyl (C=O) groups is 1. The Labute approximate surface area is 233 Å². The lowest BCUT2D eigenvalue weighted by atomic mass is 10.1. The van der Waals surface area contributed by atoms with Crippen LogP contribution in [-0.4, -0.2) is 54.1 Å². The second-order valence-electron chi connectivity index (χ2n) is 9.01. The lowest BCUT2D eigenvalue weighted by Crippen LogP contribution is -2.30. The highest BCUT2D eigenvalue weighted by molar-refractivity contribution is 7.92. The highest BCUT2D eigenvalue weighted by Gasteiger charge is 2.24. The van der Waals surface area contributed by atoms with Gasteiger partial charge in [-0.2, -0.15) is 0 Å². The van der Waals surface area contributed by atoms with E-state index in [1.54, 1.807) is 70.5 Å². The highest BCUT2D eigenvalue weighted by Crippen LogP contribution is 2.39. The van der Waals surface area contributed by atoms with E-state index >= 15 is 0 Å². The quantitative estimate of drug-likeness (QED) is 0.243. The van der Waals surface area contributed by atoms with E-state index in [2.05, 4.69) is 0 Å². The number of aryl methyl sites for hydroxylation is 1. The first-order chi connectivity index (χ1) is 18.6. The van der Waals surface area contributed by atoms with Crippen LogP contribution in [0.3, 0.4) is 0 Å². The van der Waals surface area contributed by atoms with Crippen molar-refractivity contribution in [3.05, 3.63) is 76.7 Å². The molecule has 4 rings (SSSR count). The Morgan fingerprint density at radius 1 is 0.897 bits per heavy atom. The van der Waals surface area contributed by atoms with Crippen LogP contribution >= 0.6 is 11.3 Å². The van der Waals surface area contributed by atoms with Gasteiger partial charge in [-0.15, -0.1) is 11.3 Å². The van der Waals surface area contributed by atoms with E-state index in [-0.39, 0.29) is 17.3 Å². The molecule has 8 nitrogen and oxygen atoms in total. The number of rotatable bonds is 10. The number of benzene rings is 3. The van der Waals surface area contributed by atoms with E-state index in [0.29, 0.717) is 34.4 Å². The van der Waals surface area contributed by atoms with Crippen LogP contribution in [0.1, 0.15) is 27.7 Å². The molecule has 1 aromatic heterocycles. The van der Waals surface area contributed by atoms with Gasteiger partial charge in [-0.1, -0.05) is 17.7 Å². The van der Waals surface area contributed by atoms with Crippen molar-refractivity contribution in [1.82, 2.24) is 4.90 Å². The van der Waals surface area contributed by atoms with Crippen molar-refractivity contribution < 1.29 is 27.4 Å². The number of anilines is 1. The van der Waals surface area contributed by atoms with Gasteiger partial charge in [0.15, 0.2) is 11.5 Å². The van der Waals surface area contributed by atoms with Crippen LogP contribution in [0.25, 0.3) is 10.1 Å². The molecule has 4 aromatic rings. The Bertz CT molecular complexity index is 1570. The average Bonchev–Trinajstić information content (AvgIpc) is 3.36. The van der Waals surface area contributed by atoms with Gasteiger partial charge in [0.05, 0.1) is 36.8 Å². The van der Waals surface area contributed by atoms with E-state index in [1.165, 1.54) is 15.6 Å². The van der Waals surface area contributed by atoms with Crippen molar-refractivity contribution in [2.75, 3.05) is 39.2 Å². The fourth-order valence-electron chi connectivity index (χ4n) is 4.38. The number of hydrogen-bond acceptors (Lipinski definition) is 7. The maximum atomic E-state index is 13.4. The second kappa shape index (κ2) is 11.5. The van der Waals surface area contributed by atoms with Crippen molar-refractivity contribution in [3.8, 4) is 17.2 Å². The summed E-state index contributed by atoms with van der Waals surface area (Å²) in [7, 11) is 2.64. The summed E-state index contributed by atoms with van der Waals surface area (Å²) in [4.78, 5) is 15.8. The monoisotopic (exact) mass is 568 g/mol. The molecule has 0 N–H and O–H groups in total. The molecule has 0 bridgehead atoms. The molecule has 0 aliphatic heterocycles. The summed E-state index contributed by atoms with van der Waals surface area (Å²) in [6, 6.07) is 17.7. The minimum atomic E-state index is -3.73. The molecule has 1 heterocycles. The lowest BCUT2D eigenvalue weighted by Gasteiger charge is -2.23. The van der Waals surface area contributed by atoms with Crippen LogP contribution in [0.2, 0.25) is 0 Å². The number of thiophene rings is 1. The minimum absolute atomic E-state index is 0.147. The molecule has 0 aliphatic carbocycles. The molecule has 0 unspecified atom stereocenters. The fraction of sp³-hybridized carbons (Fsp3) is 0.276. The second-order valence-corrected chi connectivity index (χ2v) is 12.0. The Balaban J connectivity index is 1.59. The molecule has 0 saturated carbocycles. The summed E-state index contributed by atoms with van der Waals surface area (Å²) in [5.74, 6) is 1.38. The smallest absolute Gasteiger partial charge is 0.264 e. The summed E-state index contributed by atoms with van der Waals surface area (Å²) in [6.07, 6.45) is 0. The van der Waals surface area contributed by atoms with Gasteiger partial charge in [0.25, 0.3) is 15.9 Å². The van der Waals surface area contributed by atoms with Crippen molar-refractivity contribution >= 4 is 43.0 Å². The van der Waals surface area contributed by atoms with Crippen molar-refractivity contribution in [1.29, 1.82) is 0 Å². The van der Waals surface area contributed by atoms with Crippen molar-refractivity contribution in [2.45, 2.75) is 25.3 Å². The number of carbonyl (C=O) groups excluding carboxylic acids is 1. The van der Waals surface area contributed by atoms with E-state index in [0.717, 1.165) is 21.2 Å². The zero-order valence-corrected chi connectivity index (χ0v) is 24.5. The molecular formula is C29H32N2O6S2. The normalized spacial score (nSPS) is 11.3. The summed E-state index contributed by atoms with van der Waals surface area (Å²) in [6.45, 7) is 4.32. The predicted octanol–water partition coefficient (Wildman–Crippen LogP) is 5.72. The maximum absolute atomic E-state index is 13.4. The number of amides is 1. The maximum Gasteiger partial charge on any atom is 0.264 e. The number of hydrogen-bond donors (Lipinski definition) is 0. The van der Waals surface area contributed by atoms with Crippen LogP contribution in [0.15, 0.2) is 65.6 Å². The van der Waals surface area contributed by atoms with Crippen LogP contribution in [0.5, 0.6) is 17.2 Å². The minimum Gasteiger partial charge on any atom is -0.493 e. The van der Waals surface area contributed by atoms with Crippen LogP contribution in [0.4, 0.5) is 5.69 Å². The summed E-state index contributed by atoms with van der Waals surface area (Å²) in [5, 5.41) is 0.805. The molecule has 1 amide bonds. The van der Waals surface area contributed by atoms with E-state index in [1.807, 2.05) is 37.3 Å². The summed E-state index contributed by atoms with van der Waals surface area (Å²) >= 11 is 1.37. The Kier molecular flexibility index (Phi) is 8.36. The third-order valence-electron chi connectivity index (χ3n) is 6.39. The van der Waals surface area contributed by atoms with Crippen molar-refractivity contribution in [3.63, 3.8) is 0 Å². The molecule has 0 spiro atoms. The number of sulfonamides is 1. The number of ether oxygens (including phenoxy) is 3. The standard InChI is InChI=1S/C29H32N2O6S2/c1-7-31(39(33,34)23-11-8-19(2)9-12-23)22-10-13-26-21(16-22)17-27(38-26)29(32)30(3)18-20-14-24(35-4)28(37-6)25(15-20)36-5/h8-17H,7,18H2,1-6H3. The van der Waals surface area contributed by atoms with Crippen LogP contribution in [-0.2, 0) is 16.6 Å². The predicted molar refractivity (Wildman–Crippen MR) is 155 cm³/mol. The number of nitrogens with zero attached hydrogens (tertiary/aromatic N) is 2. The Hall–Kier alpha value is -3.76. The van der Waals surface area contributed by atoms with Gasteiger partial charge >= 0.3 is 0 Å². The molecule has 0 fully saturated rings.